The number of hydrogen-bond donors (Lipinski definition) is 3. The first-order valence-corrected chi connectivity index (χ1v) is 4.96. The van der Waals surface area contributed by atoms with Gasteiger partial charge in [0.1, 0.15) is 5.82 Å². The van der Waals surface area contributed by atoms with E-state index in [4.69, 9.17) is 5.73 Å². The maximum absolute atomic E-state index is 12.6. The molecule has 0 spiro atoms. The summed E-state index contributed by atoms with van der Waals surface area (Å²) >= 11 is 0. The van der Waals surface area contributed by atoms with Crippen molar-refractivity contribution in [1.29, 1.82) is 0 Å². The first-order chi connectivity index (χ1) is 7.37. The maximum Gasteiger partial charge on any atom is 0.319 e. The molecule has 0 radical (unpaired) electrons. The molecular formula is C11H16FN3O. The standard InChI is InChI=1S/C11H16FN3O/c1-11(2,13)7-14-10(16)15-9-5-3-8(12)4-6-9/h3-6H,7,13H2,1-2H3,(H2,14,15,16). The third kappa shape index (κ3) is 4.75. The number of carbonyl (C=O) groups excluding carboxylic acids is 1. The minimum Gasteiger partial charge on any atom is -0.336 e. The quantitative estimate of drug-likeness (QED) is 0.732. The van der Waals surface area contributed by atoms with Crippen molar-refractivity contribution in [1.82, 2.24) is 5.32 Å². The summed E-state index contributed by atoms with van der Waals surface area (Å²) in [6, 6.07) is 5.18. The van der Waals surface area contributed by atoms with E-state index < -0.39 is 5.54 Å². The van der Waals surface area contributed by atoms with E-state index in [9.17, 15) is 9.18 Å². The van der Waals surface area contributed by atoms with Gasteiger partial charge in [-0.05, 0) is 38.1 Å². The van der Waals surface area contributed by atoms with Gasteiger partial charge in [0.05, 0.1) is 0 Å². The van der Waals surface area contributed by atoms with E-state index in [2.05, 4.69) is 10.6 Å². The predicted octanol–water partition coefficient (Wildman–Crippen LogP) is 1.68. The highest BCUT2D eigenvalue weighted by Gasteiger charge is 2.11. The number of rotatable bonds is 3. The molecule has 16 heavy (non-hydrogen) atoms. The van der Waals surface area contributed by atoms with Gasteiger partial charge >= 0.3 is 6.03 Å². The Balaban J connectivity index is 2.43. The molecular weight excluding hydrogens is 209 g/mol. The third-order valence-corrected chi connectivity index (χ3v) is 1.81. The van der Waals surface area contributed by atoms with Gasteiger partial charge in [-0.1, -0.05) is 0 Å². The fraction of sp³-hybridized carbons (Fsp3) is 0.364. The van der Waals surface area contributed by atoms with Crippen molar-refractivity contribution in [2.75, 3.05) is 11.9 Å². The van der Waals surface area contributed by atoms with E-state index in [0.717, 1.165) is 0 Å². The van der Waals surface area contributed by atoms with Crippen LogP contribution in [-0.2, 0) is 0 Å². The zero-order chi connectivity index (χ0) is 12.2. The van der Waals surface area contributed by atoms with Crippen LogP contribution in [0.1, 0.15) is 13.8 Å². The Morgan fingerprint density at radius 1 is 1.38 bits per heavy atom. The summed E-state index contributed by atoms with van der Waals surface area (Å²) in [5, 5.41) is 5.19. The van der Waals surface area contributed by atoms with Crippen molar-refractivity contribution in [2.24, 2.45) is 5.73 Å². The van der Waals surface area contributed by atoms with Crippen molar-refractivity contribution < 1.29 is 9.18 Å². The van der Waals surface area contributed by atoms with Gasteiger partial charge in [0.15, 0.2) is 0 Å². The lowest BCUT2D eigenvalue weighted by Crippen LogP contribution is -2.46. The van der Waals surface area contributed by atoms with Crippen LogP contribution >= 0.6 is 0 Å². The number of nitrogens with one attached hydrogen (secondary N) is 2. The largest absolute Gasteiger partial charge is 0.336 e. The van der Waals surface area contributed by atoms with Crippen LogP contribution in [0.5, 0.6) is 0 Å². The summed E-state index contributed by atoms with van der Waals surface area (Å²) in [4.78, 5) is 11.4. The fourth-order valence-electron chi connectivity index (χ4n) is 1.02. The molecule has 0 saturated carbocycles. The highest BCUT2D eigenvalue weighted by Crippen LogP contribution is 2.07. The van der Waals surface area contributed by atoms with Gasteiger partial charge in [-0.2, -0.15) is 0 Å². The number of nitrogens with two attached hydrogens (primary N) is 1. The molecule has 0 atom stereocenters. The van der Waals surface area contributed by atoms with Gasteiger partial charge in [0.2, 0.25) is 0 Å². The van der Waals surface area contributed by atoms with E-state index in [1.54, 1.807) is 0 Å². The minimum atomic E-state index is -0.458. The lowest BCUT2D eigenvalue weighted by atomic mass is 10.1. The number of hydrogen-bond acceptors (Lipinski definition) is 2. The molecule has 1 rings (SSSR count). The number of anilines is 1. The molecule has 0 saturated heterocycles. The summed E-state index contributed by atoms with van der Waals surface area (Å²) in [7, 11) is 0. The van der Waals surface area contributed by atoms with Crippen LogP contribution in [0.25, 0.3) is 0 Å². The SMILES string of the molecule is CC(C)(N)CNC(=O)Nc1ccc(F)cc1. The summed E-state index contributed by atoms with van der Waals surface area (Å²) in [6.07, 6.45) is 0. The average Bonchev–Trinajstić information content (AvgIpc) is 2.18. The van der Waals surface area contributed by atoms with E-state index in [1.165, 1.54) is 24.3 Å². The second-order valence-corrected chi connectivity index (χ2v) is 4.30. The van der Waals surface area contributed by atoms with E-state index >= 15 is 0 Å². The molecule has 1 aromatic carbocycles. The minimum absolute atomic E-state index is 0.339. The monoisotopic (exact) mass is 225 g/mol. The topological polar surface area (TPSA) is 67.1 Å². The summed E-state index contributed by atoms with van der Waals surface area (Å²) in [6.45, 7) is 3.98. The molecule has 0 aliphatic rings. The Morgan fingerprint density at radius 2 is 1.94 bits per heavy atom. The first-order valence-electron chi connectivity index (χ1n) is 4.96. The molecule has 0 aliphatic heterocycles. The molecule has 0 unspecified atom stereocenters. The van der Waals surface area contributed by atoms with Gasteiger partial charge in [0, 0.05) is 17.8 Å². The van der Waals surface area contributed by atoms with Crippen molar-refractivity contribution in [2.45, 2.75) is 19.4 Å². The normalized spacial score (nSPS) is 11.0. The van der Waals surface area contributed by atoms with Gasteiger partial charge in [0.25, 0.3) is 0 Å². The summed E-state index contributed by atoms with van der Waals surface area (Å²) < 4.78 is 12.6. The smallest absolute Gasteiger partial charge is 0.319 e. The van der Waals surface area contributed by atoms with Crippen LogP contribution in [0.15, 0.2) is 24.3 Å². The number of urea groups is 1. The van der Waals surface area contributed by atoms with Crippen LogP contribution < -0.4 is 16.4 Å². The molecule has 5 heteroatoms. The molecule has 88 valence electrons. The van der Waals surface area contributed by atoms with Gasteiger partial charge in [-0.15, -0.1) is 0 Å². The highest BCUT2D eigenvalue weighted by atomic mass is 19.1. The van der Waals surface area contributed by atoms with Crippen LogP contribution in [0.3, 0.4) is 0 Å². The van der Waals surface area contributed by atoms with Crippen LogP contribution in [0.2, 0.25) is 0 Å². The van der Waals surface area contributed by atoms with Crippen LogP contribution in [-0.4, -0.2) is 18.1 Å². The van der Waals surface area contributed by atoms with E-state index in [-0.39, 0.29) is 11.8 Å². The third-order valence-electron chi connectivity index (χ3n) is 1.81. The molecule has 0 aliphatic carbocycles. The maximum atomic E-state index is 12.6. The Hall–Kier alpha value is -1.62. The van der Waals surface area contributed by atoms with Gasteiger partial charge in [-0.25, -0.2) is 9.18 Å². The zero-order valence-electron chi connectivity index (χ0n) is 9.38. The molecule has 0 aromatic heterocycles. The van der Waals surface area contributed by atoms with Crippen molar-refractivity contribution >= 4 is 11.7 Å². The zero-order valence-corrected chi connectivity index (χ0v) is 9.38. The second kappa shape index (κ2) is 4.94. The molecule has 1 aromatic rings. The average molecular weight is 225 g/mol. The summed E-state index contributed by atoms with van der Waals surface area (Å²) in [5.74, 6) is -0.339. The Kier molecular flexibility index (Phi) is 3.84. The van der Waals surface area contributed by atoms with Crippen molar-refractivity contribution in [3.63, 3.8) is 0 Å². The van der Waals surface area contributed by atoms with E-state index in [1.807, 2.05) is 13.8 Å². The van der Waals surface area contributed by atoms with E-state index in [0.29, 0.717) is 12.2 Å². The fourth-order valence-corrected chi connectivity index (χ4v) is 1.02. The Labute approximate surface area is 94.0 Å². The predicted molar refractivity (Wildman–Crippen MR) is 61.7 cm³/mol. The van der Waals surface area contributed by atoms with Gasteiger partial charge < -0.3 is 16.4 Å². The van der Waals surface area contributed by atoms with Gasteiger partial charge in [-0.3, -0.25) is 0 Å². The lowest BCUT2D eigenvalue weighted by molar-refractivity contribution is 0.249. The number of halogens is 1. The Morgan fingerprint density at radius 3 is 2.44 bits per heavy atom. The lowest BCUT2D eigenvalue weighted by Gasteiger charge is -2.19. The van der Waals surface area contributed by atoms with Crippen LogP contribution in [0, 0.1) is 5.82 Å². The first kappa shape index (κ1) is 12.4. The van der Waals surface area contributed by atoms with Crippen molar-refractivity contribution in [3.05, 3.63) is 30.1 Å². The molecule has 0 bridgehead atoms. The number of amides is 2. The van der Waals surface area contributed by atoms with Crippen LogP contribution in [0.4, 0.5) is 14.9 Å². The molecule has 0 heterocycles. The van der Waals surface area contributed by atoms with Crippen molar-refractivity contribution in [3.8, 4) is 0 Å². The second-order valence-electron chi connectivity index (χ2n) is 4.30. The Bertz CT molecular complexity index is 356. The molecule has 4 nitrogen and oxygen atoms in total. The number of carbonyl (C=O) groups is 1. The molecule has 2 amide bonds. The number of benzene rings is 1. The summed E-state index contributed by atoms with van der Waals surface area (Å²) in [5.41, 5.74) is 5.78. The molecule has 4 N–H and O–H groups in total. The highest BCUT2D eigenvalue weighted by molar-refractivity contribution is 5.89. The molecule has 0 fully saturated rings.